The first-order valence-electron chi connectivity index (χ1n) is 7.54. The van der Waals surface area contributed by atoms with Crippen LogP contribution in [-0.2, 0) is 11.8 Å². The smallest absolute Gasteiger partial charge is 0.135 e. The first-order valence-corrected chi connectivity index (χ1v) is 8.33. The van der Waals surface area contributed by atoms with Gasteiger partial charge in [0.1, 0.15) is 5.67 Å². The summed E-state index contributed by atoms with van der Waals surface area (Å²) in [6.07, 6.45) is 2.38. The van der Waals surface area contributed by atoms with Gasteiger partial charge in [-0.3, -0.25) is 0 Å². The number of benzene rings is 1. The fraction of sp³-hybridized carbons (Fsp3) is 0.579. The van der Waals surface area contributed by atoms with Gasteiger partial charge in [0.05, 0.1) is 0 Å². The molecule has 0 saturated heterocycles. The van der Waals surface area contributed by atoms with E-state index in [1.807, 2.05) is 6.92 Å². The van der Waals surface area contributed by atoms with Crippen LogP contribution in [0.4, 0.5) is 4.39 Å². The van der Waals surface area contributed by atoms with Gasteiger partial charge < -0.3 is 0 Å². The Bertz CT molecular complexity index is 537. The SMILES string of the molecule is C=CC(C)(F)C(C)(c1cc(Br)c(C)c(CC)c1)C(C)(C)C. The van der Waals surface area contributed by atoms with Gasteiger partial charge in [-0.15, -0.1) is 0 Å². The molecule has 0 radical (unpaired) electrons. The quantitative estimate of drug-likeness (QED) is 0.538. The van der Waals surface area contributed by atoms with Crippen molar-refractivity contribution in [1.82, 2.24) is 0 Å². The Morgan fingerprint density at radius 3 is 2.10 bits per heavy atom. The molecular formula is C19H28BrF. The highest BCUT2D eigenvalue weighted by Gasteiger charge is 2.52. The van der Waals surface area contributed by atoms with Crippen LogP contribution in [0.2, 0.25) is 0 Å². The molecule has 0 amide bonds. The Labute approximate surface area is 138 Å². The molecule has 2 unspecified atom stereocenters. The number of hydrogen-bond acceptors (Lipinski definition) is 0. The molecule has 0 aliphatic carbocycles. The van der Waals surface area contributed by atoms with Gasteiger partial charge in [-0.25, -0.2) is 4.39 Å². The Kier molecular flexibility index (Phi) is 5.15. The summed E-state index contributed by atoms with van der Waals surface area (Å²) in [5.41, 5.74) is 1.11. The van der Waals surface area contributed by atoms with Crippen molar-refractivity contribution >= 4 is 15.9 Å². The van der Waals surface area contributed by atoms with Crippen LogP contribution >= 0.6 is 15.9 Å². The average molecular weight is 355 g/mol. The van der Waals surface area contributed by atoms with Gasteiger partial charge in [0, 0.05) is 9.89 Å². The summed E-state index contributed by atoms with van der Waals surface area (Å²) in [5.74, 6) is 0. The molecule has 0 saturated carbocycles. The molecule has 0 aliphatic heterocycles. The molecule has 0 heterocycles. The molecule has 0 spiro atoms. The zero-order valence-electron chi connectivity index (χ0n) is 14.4. The van der Waals surface area contributed by atoms with E-state index in [1.165, 1.54) is 17.2 Å². The number of hydrogen-bond donors (Lipinski definition) is 0. The molecule has 0 N–H and O–H groups in total. The third kappa shape index (κ3) is 2.97. The molecule has 2 atom stereocenters. The van der Waals surface area contributed by atoms with Crippen LogP contribution < -0.4 is 0 Å². The summed E-state index contributed by atoms with van der Waals surface area (Å²) in [4.78, 5) is 0. The summed E-state index contributed by atoms with van der Waals surface area (Å²) in [6.45, 7) is 17.9. The Morgan fingerprint density at radius 1 is 1.19 bits per heavy atom. The van der Waals surface area contributed by atoms with Gasteiger partial charge in [0.15, 0.2) is 0 Å². The maximum atomic E-state index is 15.4. The zero-order chi connectivity index (χ0) is 16.6. The molecule has 2 heteroatoms. The lowest BCUT2D eigenvalue weighted by Gasteiger charge is -2.49. The topological polar surface area (TPSA) is 0 Å². The summed E-state index contributed by atoms with van der Waals surface area (Å²) >= 11 is 3.64. The van der Waals surface area contributed by atoms with E-state index < -0.39 is 11.1 Å². The normalized spacial score (nSPS) is 18.0. The second kappa shape index (κ2) is 5.87. The van der Waals surface area contributed by atoms with Crippen LogP contribution in [-0.4, -0.2) is 5.67 Å². The average Bonchev–Trinajstić information content (AvgIpc) is 2.39. The van der Waals surface area contributed by atoms with E-state index in [0.717, 1.165) is 16.5 Å². The third-order valence-corrected chi connectivity index (χ3v) is 6.09. The van der Waals surface area contributed by atoms with Gasteiger partial charge in [0.25, 0.3) is 0 Å². The molecule has 118 valence electrons. The fourth-order valence-corrected chi connectivity index (χ4v) is 3.55. The first-order chi connectivity index (χ1) is 9.42. The van der Waals surface area contributed by atoms with Crippen LogP contribution in [0.5, 0.6) is 0 Å². The van der Waals surface area contributed by atoms with E-state index in [4.69, 9.17) is 0 Å². The minimum Gasteiger partial charge on any atom is -0.239 e. The highest BCUT2D eigenvalue weighted by atomic mass is 79.9. The summed E-state index contributed by atoms with van der Waals surface area (Å²) < 4.78 is 16.4. The van der Waals surface area contributed by atoms with Crippen molar-refractivity contribution in [1.29, 1.82) is 0 Å². The van der Waals surface area contributed by atoms with Gasteiger partial charge in [-0.1, -0.05) is 69.3 Å². The van der Waals surface area contributed by atoms with Crippen LogP contribution in [0.25, 0.3) is 0 Å². The second-order valence-corrected chi connectivity index (χ2v) is 8.10. The minimum absolute atomic E-state index is 0.246. The largest absolute Gasteiger partial charge is 0.239 e. The number of allylic oxidation sites excluding steroid dienone is 1. The number of halogens is 2. The minimum atomic E-state index is -1.50. The molecular weight excluding hydrogens is 327 g/mol. The maximum absolute atomic E-state index is 15.4. The molecule has 1 aromatic rings. The molecule has 1 rings (SSSR count). The predicted octanol–water partition coefficient (Wildman–Crippen LogP) is 6.54. The van der Waals surface area contributed by atoms with Crippen molar-refractivity contribution in [3.8, 4) is 0 Å². The highest BCUT2D eigenvalue weighted by molar-refractivity contribution is 9.10. The number of alkyl halides is 1. The standard InChI is InChI=1S/C19H28BrF/c1-9-14-11-15(12-16(20)13(14)3)19(8,17(4,5)6)18(7,21)10-2/h10-12H,2,9H2,1,3-8H3. The van der Waals surface area contributed by atoms with Crippen molar-refractivity contribution in [3.05, 3.63) is 46.0 Å². The van der Waals surface area contributed by atoms with Crippen molar-refractivity contribution in [2.24, 2.45) is 5.41 Å². The number of rotatable bonds is 4. The summed E-state index contributed by atoms with van der Waals surface area (Å²) in [5, 5.41) is 0. The molecule has 0 bridgehead atoms. The molecule has 0 aromatic heterocycles. The lowest BCUT2D eigenvalue weighted by Crippen LogP contribution is -2.51. The van der Waals surface area contributed by atoms with E-state index >= 15 is 4.39 Å². The van der Waals surface area contributed by atoms with E-state index in [-0.39, 0.29) is 5.41 Å². The van der Waals surface area contributed by atoms with Crippen molar-refractivity contribution in [3.63, 3.8) is 0 Å². The van der Waals surface area contributed by atoms with Gasteiger partial charge in [0.2, 0.25) is 0 Å². The Hall–Kier alpha value is -0.630. The lowest BCUT2D eigenvalue weighted by molar-refractivity contribution is 0.0405. The first kappa shape index (κ1) is 18.4. The van der Waals surface area contributed by atoms with Crippen molar-refractivity contribution in [2.75, 3.05) is 0 Å². The molecule has 0 fully saturated rings. The van der Waals surface area contributed by atoms with Crippen LogP contribution in [0.1, 0.15) is 58.2 Å². The van der Waals surface area contributed by atoms with Gasteiger partial charge >= 0.3 is 0 Å². The highest BCUT2D eigenvalue weighted by Crippen LogP contribution is 2.52. The summed E-state index contributed by atoms with van der Waals surface area (Å²) in [7, 11) is 0. The molecule has 0 nitrogen and oxygen atoms in total. The van der Waals surface area contributed by atoms with Crippen molar-refractivity contribution < 1.29 is 4.39 Å². The Morgan fingerprint density at radius 2 is 1.71 bits per heavy atom. The van der Waals surface area contributed by atoms with Crippen LogP contribution in [0.15, 0.2) is 29.3 Å². The zero-order valence-corrected chi connectivity index (χ0v) is 16.0. The monoisotopic (exact) mass is 354 g/mol. The van der Waals surface area contributed by atoms with E-state index in [2.05, 4.69) is 69.3 Å². The third-order valence-electron chi connectivity index (χ3n) is 5.27. The maximum Gasteiger partial charge on any atom is 0.135 e. The van der Waals surface area contributed by atoms with Crippen molar-refractivity contribution in [2.45, 2.75) is 66.0 Å². The summed E-state index contributed by atoms with van der Waals surface area (Å²) in [6, 6.07) is 4.23. The van der Waals surface area contributed by atoms with Crippen LogP contribution in [0.3, 0.4) is 0 Å². The van der Waals surface area contributed by atoms with Gasteiger partial charge in [-0.2, -0.15) is 0 Å². The van der Waals surface area contributed by atoms with E-state index in [0.29, 0.717) is 0 Å². The lowest BCUT2D eigenvalue weighted by atomic mass is 9.56. The fourth-order valence-electron chi connectivity index (χ4n) is 3.04. The molecule has 0 aliphatic rings. The predicted molar refractivity (Wildman–Crippen MR) is 94.8 cm³/mol. The van der Waals surface area contributed by atoms with Gasteiger partial charge in [-0.05, 0) is 48.4 Å². The Balaban J connectivity index is 3.71. The van der Waals surface area contributed by atoms with E-state index in [9.17, 15) is 0 Å². The molecule has 21 heavy (non-hydrogen) atoms. The van der Waals surface area contributed by atoms with E-state index in [1.54, 1.807) is 6.92 Å². The molecule has 1 aromatic carbocycles. The number of aryl methyl sites for hydroxylation is 1. The van der Waals surface area contributed by atoms with Crippen LogP contribution in [0, 0.1) is 12.3 Å². The second-order valence-electron chi connectivity index (χ2n) is 7.25.